The molecule has 0 aliphatic rings. The lowest BCUT2D eigenvalue weighted by Gasteiger charge is -2.10. The molecule has 9 heteroatoms. The number of amides is 1. The zero-order valence-electron chi connectivity index (χ0n) is 9.44. The van der Waals surface area contributed by atoms with E-state index in [-0.39, 0.29) is 22.7 Å². The highest BCUT2D eigenvalue weighted by Crippen LogP contribution is 2.24. The first-order valence-corrected chi connectivity index (χ1v) is 5.09. The Hall–Kier alpha value is -2.55. The van der Waals surface area contributed by atoms with Crippen molar-refractivity contribution < 1.29 is 18.7 Å². The summed E-state index contributed by atoms with van der Waals surface area (Å²) in [7, 11) is 0. The van der Waals surface area contributed by atoms with Crippen molar-refractivity contribution in [2.75, 3.05) is 17.8 Å². The highest BCUT2D eigenvalue weighted by molar-refractivity contribution is 5.91. The Kier molecular flexibility index (Phi) is 3.38. The van der Waals surface area contributed by atoms with E-state index in [2.05, 4.69) is 20.8 Å². The van der Waals surface area contributed by atoms with Crippen LogP contribution in [0.5, 0.6) is 0 Å². The Morgan fingerprint density at radius 2 is 2.11 bits per heavy atom. The van der Waals surface area contributed by atoms with Crippen molar-refractivity contribution in [2.45, 2.75) is 0 Å². The zero-order chi connectivity index (χ0) is 14.0. The largest absolute Gasteiger partial charge is 0.386 e. The molecule has 0 saturated carbocycles. The SMILES string of the molecule is Nc1nc(NNC(=O)CO)c2cc(F)cc(F)c2n1. The van der Waals surface area contributed by atoms with Gasteiger partial charge in [0.1, 0.15) is 17.9 Å². The molecule has 1 amide bonds. The maximum absolute atomic E-state index is 13.5. The highest BCUT2D eigenvalue weighted by Gasteiger charge is 2.12. The zero-order valence-corrected chi connectivity index (χ0v) is 9.44. The van der Waals surface area contributed by atoms with Gasteiger partial charge < -0.3 is 10.8 Å². The maximum Gasteiger partial charge on any atom is 0.264 e. The van der Waals surface area contributed by atoms with Gasteiger partial charge in [-0.15, -0.1) is 0 Å². The van der Waals surface area contributed by atoms with E-state index < -0.39 is 24.1 Å². The van der Waals surface area contributed by atoms with E-state index in [1.807, 2.05) is 0 Å². The van der Waals surface area contributed by atoms with Gasteiger partial charge in [0, 0.05) is 6.07 Å². The Labute approximate surface area is 105 Å². The number of nitrogens with zero attached hydrogens (tertiary/aromatic N) is 2. The van der Waals surface area contributed by atoms with Gasteiger partial charge in [0.2, 0.25) is 5.95 Å². The summed E-state index contributed by atoms with van der Waals surface area (Å²) in [5.41, 5.74) is 9.59. The first-order chi connectivity index (χ1) is 9.01. The fourth-order valence-corrected chi connectivity index (χ4v) is 1.44. The smallest absolute Gasteiger partial charge is 0.264 e. The molecule has 0 saturated heterocycles. The monoisotopic (exact) mass is 269 g/mol. The number of halogens is 2. The number of aliphatic hydroxyl groups is 1. The van der Waals surface area contributed by atoms with Gasteiger partial charge in [-0.25, -0.2) is 13.8 Å². The average molecular weight is 269 g/mol. The second kappa shape index (κ2) is 4.98. The summed E-state index contributed by atoms with van der Waals surface area (Å²) in [5, 5.41) is 8.54. The topological polar surface area (TPSA) is 113 Å². The second-order valence-corrected chi connectivity index (χ2v) is 3.55. The van der Waals surface area contributed by atoms with Crippen LogP contribution in [0.15, 0.2) is 12.1 Å². The Balaban J connectivity index is 2.50. The summed E-state index contributed by atoms with van der Waals surface area (Å²) >= 11 is 0. The third kappa shape index (κ3) is 2.65. The lowest BCUT2D eigenvalue weighted by atomic mass is 10.2. The molecule has 1 aromatic heterocycles. The minimum Gasteiger partial charge on any atom is -0.386 e. The number of carbonyl (C=O) groups excluding carboxylic acids is 1. The number of fused-ring (bicyclic) bond motifs is 1. The molecule has 0 aliphatic carbocycles. The van der Waals surface area contributed by atoms with E-state index in [0.29, 0.717) is 6.07 Å². The molecule has 0 spiro atoms. The average Bonchev–Trinajstić information content (AvgIpc) is 2.36. The summed E-state index contributed by atoms with van der Waals surface area (Å²) in [4.78, 5) is 18.3. The first-order valence-electron chi connectivity index (χ1n) is 5.09. The molecule has 5 N–H and O–H groups in total. The number of benzene rings is 1. The molecule has 2 aromatic rings. The van der Waals surface area contributed by atoms with Gasteiger partial charge in [-0.1, -0.05) is 0 Å². The van der Waals surface area contributed by atoms with Crippen LogP contribution < -0.4 is 16.6 Å². The van der Waals surface area contributed by atoms with Crippen molar-refractivity contribution in [1.82, 2.24) is 15.4 Å². The molecule has 0 aliphatic heterocycles. The van der Waals surface area contributed by atoms with E-state index >= 15 is 0 Å². The molecule has 0 unspecified atom stereocenters. The number of carbonyl (C=O) groups is 1. The molecule has 1 heterocycles. The van der Waals surface area contributed by atoms with Crippen molar-refractivity contribution in [3.05, 3.63) is 23.8 Å². The van der Waals surface area contributed by atoms with Gasteiger partial charge in [-0.05, 0) is 6.07 Å². The van der Waals surface area contributed by atoms with Crippen molar-refractivity contribution in [3.8, 4) is 0 Å². The number of hydrazine groups is 1. The van der Waals surface area contributed by atoms with Crippen LogP contribution in [-0.4, -0.2) is 27.6 Å². The third-order valence-corrected chi connectivity index (χ3v) is 2.20. The highest BCUT2D eigenvalue weighted by atomic mass is 19.1. The number of hydrogen-bond acceptors (Lipinski definition) is 6. The van der Waals surface area contributed by atoms with E-state index in [1.54, 1.807) is 0 Å². The lowest BCUT2D eigenvalue weighted by Crippen LogP contribution is -2.32. The van der Waals surface area contributed by atoms with Crippen molar-refractivity contribution in [2.24, 2.45) is 0 Å². The van der Waals surface area contributed by atoms with Crippen molar-refractivity contribution >= 4 is 28.6 Å². The van der Waals surface area contributed by atoms with Crippen LogP contribution in [0.4, 0.5) is 20.5 Å². The number of nitrogens with one attached hydrogen (secondary N) is 2. The summed E-state index contributed by atoms with van der Waals surface area (Å²) in [6.07, 6.45) is 0. The standard InChI is InChI=1S/C10H9F2N5O2/c11-4-1-5-8(6(12)2-4)14-10(13)15-9(5)17-16-7(19)3-18/h1-2,18H,3H2,(H,16,19)(H3,13,14,15,17). The molecule has 1 aromatic carbocycles. The summed E-state index contributed by atoms with van der Waals surface area (Å²) < 4.78 is 26.7. The first kappa shape index (κ1) is 12.9. The number of aliphatic hydroxyl groups excluding tert-OH is 1. The molecule has 0 atom stereocenters. The van der Waals surface area contributed by atoms with Gasteiger partial charge in [0.15, 0.2) is 11.6 Å². The van der Waals surface area contributed by atoms with Gasteiger partial charge in [0.05, 0.1) is 5.39 Å². The molecular formula is C10H9F2N5O2. The fourth-order valence-electron chi connectivity index (χ4n) is 1.44. The fraction of sp³-hybridized carbons (Fsp3) is 0.100. The summed E-state index contributed by atoms with van der Waals surface area (Å²) in [6.45, 7) is -0.756. The molecule has 7 nitrogen and oxygen atoms in total. The summed E-state index contributed by atoms with van der Waals surface area (Å²) in [5.74, 6) is -2.81. The van der Waals surface area contributed by atoms with E-state index in [9.17, 15) is 13.6 Å². The van der Waals surface area contributed by atoms with Gasteiger partial charge in [-0.2, -0.15) is 4.98 Å². The molecule has 0 bridgehead atoms. The number of nitrogens with two attached hydrogens (primary N) is 1. The molecule has 100 valence electrons. The number of hydrogen-bond donors (Lipinski definition) is 4. The number of anilines is 2. The minimum absolute atomic E-state index is 0.00457. The molecule has 0 fully saturated rings. The number of rotatable bonds is 3. The minimum atomic E-state index is -0.902. The predicted octanol–water partition coefficient (Wildman–Crippen LogP) is -0.0744. The van der Waals surface area contributed by atoms with Crippen LogP contribution in [0.25, 0.3) is 10.9 Å². The van der Waals surface area contributed by atoms with Crippen LogP contribution in [-0.2, 0) is 4.79 Å². The Morgan fingerprint density at radius 3 is 2.79 bits per heavy atom. The van der Waals surface area contributed by atoms with Crippen LogP contribution in [0, 0.1) is 11.6 Å². The van der Waals surface area contributed by atoms with E-state index in [4.69, 9.17) is 10.8 Å². The predicted molar refractivity (Wildman–Crippen MR) is 62.7 cm³/mol. The summed E-state index contributed by atoms with van der Waals surface area (Å²) in [6, 6.07) is 1.65. The maximum atomic E-state index is 13.5. The van der Waals surface area contributed by atoms with Gasteiger partial charge >= 0.3 is 0 Å². The molecular weight excluding hydrogens is 260 g/mol. The van der Waals surface area contributed by atoms with Crippen LogP contribution in [0.3, 0.4) is 0 Å². The van der Waals surface area contributed by atoms with Crippen molar-refractivity contribution in [3.63, 3.8) is 0 Å². The molecule has 2 rings (SSSR count). The Bertz CT molecular complexity index is 649. The lowest BCUT2D eigenvalue weighted by molar-refractivity contribution is -0.123. The van der Waals surface area contributed by atoms with Crippen molar-refractivity contribution in [1.29, 1.82) is 0 Å². The second-order valence-electron chi connectivity index (χ2n) is 3.55. The quantitative estimate of drug-likeness (QED) is 0.580. The molecule has 0 radical (unpaired) electrons. The van der Waals surface area contributed by atoms with Gasteiger partial charge in [-0.3, -0.25) is 15.6 Å². The number of aromatic nitrogens is 2. The Morgan fingerprint density at radius 1 is 1.37 bits per heavy atom. The van der Waals surface area contributed by atoms with Crippen LogP contribution in [0.2, 0.25) is 0 Å². The van der Waals surface area contributed by atoms with Crippen LogP contribution >= 0.6 is 0 Å². The number of nitrogen functional groups attached to an aromatic ring is 1. The van der Waals surface area contributed by atoms with Gasteiger partial charge in [0.25, 0.3) is 5.91 Å². The molecule has 19 heavy (non-hydrogen) atoms. The van der Waals surface area contributed by atoms with Crippen LogP contribution in [0.1, 0.15) is 0 Å². The van der Waals surface area contributed by atoms with E-state index in [1.165, 1.54) is 0 Å². The normalized spacial score (nSPS) is 10.5. The van der Waals surface area contributed by atoms with E-state index in [0.717, 1.165) is 6.07 Å². The third-order valence-electron chi connectivity index (χ3n) is 2.20.